The predicted octanol–water partition coefficient (Wildman–Crippen LogP) is 4.37. The van der Waals surface area contributed by atoms with Gasteiger partial charge in [-0.25, -0.2) is 18.4 Å². The fourth-order valence-electron chi connectivity index (χ4n) is 4.96. The van der Waals surface area contributed by atoms with Crippen LogP contribution in [-0.2, 0) is 16.2 Å². The first-order valence-electron chi connectivity index (χ1n) is 13.6. The normalized spacial score (nSPS) is 18.3. The van der Waals surface area contributed by atoms with Crippen molar-refractivity contribution in [2.24, 2.45) is 0 Å². The van der Waals surface area contributed by atoms with Crippen LogP contribution in [0.15, 0.2) is 36.5 Å². The fourth-order valence-corrected chi connectivity index (χ4v) is 7.61. The summed E-state index contributed by atoms with van der Waals surface area (Å²) in [5.41, 5.74) is 0.0462. The average molecular weight is 614 g/mol. The first-order chi connectivity index (χ1) is 19.3. The number of aliphatic hydroxyl groups is 1. The van der Waals surface area contributed by atoms with E-state index in [1.165, 1.54) is 21.7 Å². The summed E-state index contributed by atoms with van der Waals surface area (Å²) >= 11 is 1.46. The molecule has 0 aliphatic carbocycles. The van der Waals surface area contributed by atoms with Crippen LogP contribution in [0, 0.1) is 0 Å². The van der Waals surface area contributed by atoms with Gasteiger partial charge < -0.3 is 19.6 Å². The third kappa shape index (κ3) is 7.40. The van der Waals surface area contributed by atoms with Crippen molar-refractivity contribution < 1.29 is 31.4 Å². The van der Waals surface area contributed by atoms with Gasteiger partial charge in [0.25, 0.3) is 5.19 Å². The standard InChI is InChI=1S/C27H34F3N5O4S2/c1-26(2,36)9-16-41(37,38)35-14-12-33(13-15-35)20-4-5-22-23(17-20)40-25(32-22)39-21-7-10-34(11-8-21)24-6-3-19(18-31-24)27(28,29)30/h3-6,17-18,21,36H,7-16H2,1-2H3. The van der Waals surface area contributed by atoms with Crippen LogP contribution >= 0.6 is 11.3 Å². The number of hydrogen-bond acceptors (Lipinski definition) is 9. The molecule has 2 aliphatic heterocycles. The lowest BCUT2D eigenvalue weighted by Crippen LogP contribution is -2.49. The smallest absolute Gasteiger partial charge is 0.417 e. The molecule has 3 aromatic rings. The highest BCUT2D eigenvalue weighted by Gasteiger charge is 2.32. The van der Waals surface area contributed by atoms with E-state index in [9.17, 15) is 26.7 Å². The maximum atomic E-state index is 12.8. The minimum atomic E-state index is -4.40. The second-order valence-electron chi connectivity index (χ2n) is 11.1. The topological polar surface area (TPSA) is 99.1 Å². The summed E-state index contributed by atoms with van der Waals surface area (Å²) in [5, 5.41) is 10.5. The number of nitrogens with zero attached hydrogens (tertiary/aromatic N) is 5. The molecule has 0 amide bonds. The Morgan fingerprint density at radius 2 is 1.73 bits per heavy atom. The number of rotatable bonds is 8. The quantitative estimate of drug-likeness (QED) is 0.400. The van der Waals surface area contributed by atoms with Crippen molar-refractivity contribution in [2.75, 3.05) is 54.8 Å². The molecule has 2 saturated heterocycles. The molecule has 224 valence electrons. The number of fused-ring (bicyclic) bond motifs is 1. The summed E-state index contributed by atoms with van der Waals surface area (Å²) in [6.07, 6.45) is -1.99. The van der Waals surface area contributed by atoms with Gasteiger partial charge in [0.05, 0.1) is 27.1 Å². The molecule has 0 bridgehead atoms. The van der Waals surface area contributed by atoms with Gasteiger partial charge in [-0.15, -0.1) is 0 Å². The highest BCUT2D eigenvalue weighted by Crippen LogP contribution is 2.34. The molecule has 1 N–H and O–H groups in total. The predicted molar refractivity (Wildman–Crippen MR) is 153 cm³/mol. The zero-order chi connectivity index (χ0) is 29.4. The average Bonchev–Trinajstić information content (AvgIpc) is 3.33. The van der Waals surface area contributed by atoms with E-state index in [-0.39, 0.29) is 18.3 Å². The first-order valence-corrected chi connectivity index (χ1v) is 16.0. The molecular weight excluding hydrogens is 579 g/mol. The Morgan fingerprint density at radius 1 is 1.02 bits per heavy atom. The molecule has 5 rings (SSSR count). The maximum absolute atomic E-state index is 12.8. The Balaban J connectivity index is 1.14. The molecule has 0 atom stereocenters. The zero-order valence-corrected chi connectivity index (χ0v) is 24.6. The molecule has 0 saturated carbocycles. The summed E-state index contributed by atoms with van der Waals surface area (Å²) in [5.74, 6) is 0.452. The second kappa shape index (κ2) is 11.5. The summed E-state index contributed by atoms with van der Waals surface area (Å²) in [6, 6.07) is 8.45. The molecule has 2 aliphatic rings. The van der Waals surface area contributed by atoms with Gasteiger partial charge in [0, 0.05) is 64.0 Å². The zero-order valence-electron chi connectivity index (χ0n) is 23.0. The van der Waals surface area contributed by atoms with Crippen LogP contribution in [-0.4, -0.2) is 84.5 Å². The van der Waals surface area contributed by atoms with E-state index in [0.29, 0.717) is 63.1 Å². The summed E-state index contributed by atoms with van der Waals surface area (Å²) < 4.78 is 72.5. The fraction of sp³-hybridized carbons (Fsp3) is 0.556. The molecule has 2 aromatic heterocycles. The van der Waals surface area contributed by atoms with Crippen molar-refractivity contribution in [3.8, 4) is 5.19 Å². The van der Waals surface area contributed by atoms with Crippen LogP contribution in [0.3, 0.4) is 0 Å². The molecule has 1 aromatic carbocycles. The molecule has 0 radical (unpaired) electrons. The van der Waals surface area contributed by atoms with E-state index in [2.05, 4.69) is 20.9 Å². The van der Waals surface area contributed by atoms with Crippen molar-refractivity contribution in [2.45, 2.75) is 51.0 Å². The largest absolute Gasteiger partial charge is 0.467 e. The number of ether oxygens (including phenoxy) is 1. The van der Waals surface area contributed by atoms with E-state index >= 15 is 0 Å². The molecule has 2 fully saturated rings. The number of anilines is 2. The number of alkyl halides is 3. The molecule has 0 spiro atoms. The summed E-state index contributed by atoms with van der Waals surface area (Å²) in [6.45, 7) is 6.39. The molecular formula is C27H34F3N5O4S2. The van der Waals surface area contributed by atoms with Crippen LogP contribution in [0.4, 0.5) is 24.7 Å². The third-order valence-electron chi connectivity index (χ3n) is 7.43. The van der Waals surface area contributed by atoms with Gasteiger partial charge in [-0.05, 0) is 50.6 Å². The van der Waals surface area contributed by atoms with Gasteiger partial charge in [0.1, 0.15) is 11.9 Å². The van der Waals surface area contributed by atoms with Crippen LogP contribution in [0.1, 0.15) is 38.7 Å². The number of aromatic nitrogens is 2. The highest BCUT2D eigenvalue weighted by molar-refractivity contribution is 7.89. The Kier molecular flexibility index (Phi) is 8.39. The van der Waals surface area contributed by atoms with Crippen molar-refractivity contribution in [1.82, 2.24) is 14.3 Å². The molecule has 4 heterocycles. The maximum Gasteiger partial charge on any atom is 0.417 e. The summed E-state index contributed by atoms with van der Waals surface area (Å²) in [7, 11) is -3.42. The Bertz CT molecular complexity index is 1440. The number of thiazole rings is 1. The van der Waals surface area contributed by atoms with Crippen LogP contribution in [0.25, 0.3) is 10.2 Å². The van der Waals surface area contributed by atoms with E-state index in [4.69, 9.17) is 4.74 Å². The minimum Gasteiger partial charge on any atom is -0.467 e. The lowest BCUT2D eigenvalue weighted by Gasteiger charge is -2.35. The Morgan fingerprint density at radius 3 is 2.34 bits per heavy atom. The van der Waals surface area contributed by atoms with Crippen LogP contribution < -0.4 is 14.5 Å². The molecule has 41 heavy (non-hydrogen) atoms. The second-order valence-corrected chi connectivity index (χ2v) is 14.2. The van der Waals surface area contributed by atoms with Gasteiger partial charge in [0.15, 0.2) is 0 Å². The molecule has 14 heteroatoms. The van der Waals surface area contributed by atoms with Gasteiger partial charge >= 0.3 is 6.18 Å². The van der Waals surface area contributed by atoms with Gasteiger partial charge in [0.2, 0.25) is 10.0 Å². The van der Waals surface area contributed by atoms with E-state index < -0.39 is 27.4 Å². The first kappa shape index (κ1) is 29.8. The van der Waals surface area contributed by atoms with Gasteiger partial charge in [-0.2, -0.15) is 17.5 Å². The minimum absolute atomic E-state index is 0.0489. The monoisotopic (exact) mass is 613 g/mol. The molecule has 9 nitrogen and oxygen atoms in total. The van der Waals surface area contributed by atoms with E-state index in [0.717, 1.165) is 28.2 Å². The Labute approximate surface area is 241 Å². The van der Waals surface area contributed by atoms with Crippen molar-refractivity contribution >= 4 is 43.1 Å². The van der Waals surface area contributed by atoms with Crippen molar-refractivity contribution in [1.29, 1.82) is 0 Å². The van der Waals surface area contributed by atoms with Crippen molar-refractivity contribution in [3.63, 3.8) is 0 Å². The number of piperidine rings is 1. The van der Waals surface area contributed by atoms with E-state index in [1.54, 1.807) is 13.8 Å². The number of pyridine rings is 1. The lowest BCUT2D eigenvalue weighted by molar-refractivity contribution is -0.137. The number of sulfonamides is 1. The van der Waals surface area contributed by atoms with E-state index in [1.807, 2.05) is 17.0 Å². The Hall–Kier alpha value is -2.68. The number of hydrogen-bond donors (Lipinski definition) is 1. The third-order valence-corrected chi connectivity index (χ3v) is 10.2. The SMILES string of the molecule is CC(C)(O)CCS(=O)(=O)N1CCN(c2ccc3nc(OC4CCN(c5ccc(C(F)(F)F)cn5)CC4)sc3c2)CC1. The molecule has 0 unspecified atom stereocenters. The number of piperazine rings is 1. The lowest BCUT2D eigenvalue weighted by atomic mass is 10.1. The summed E-state index contributed by atoms with van der Waals surface area (Å²) in [4.78, 5) is 12.7. The van der Waals surface area contributed by atoms with Gasteiger partial charge in [-0.3, -0.25) is 0 Å². The van der Waals surface area contributed by atoms with Crippen LogP contribution in [0.2, 0.25) is 0 Å². The van der Waals surface area contributed by atoms with Gasteiger partial charge in [-0.1, -0.05) is 11.3 Å². The highest BCUT2D eigenvalue weighted by atomic mass is 32.2. The van der Waals surface area contributed by atoms with Crippen molar-refractivity contribution in [3.05, 3.63) is 42.1 Å². The number of benzene rings is 1. The number of halogens is 3. The van der Waals surface area contributed by atoms with Crippen LogP contribution in [0.5, 0.6) is 5.19 Å².